The number of benzene rings is 2. The number of carbonyl (C=O) groups is 1. The molecule has 0 unspecified atom stereocenters. The van der Waals surface area contributed by atoms with Crippen molar-refractivity contribution in [2.75, 3.05) is 5.32 Å². The fourth-order valence-electron chi connectivity index (χ4n) is 2.56. The van der Waals surface area contributed by atoms with Crippen LogP contribution < -0.4 is 10.1 Å². The van der Waals surface area contributed by atoms with E-state index in [-0.39, 0.29) is 5.91 Å². The van der Waals surface area contributed by atoms with E-state index >= 15 is 0 Å². The summed E-state index contributed by atoms with van der Waals surface area (Å²) in [4.78, 5) is 15.9. The van der Waals surface area contributed by atoms with Crippen LogP contribution in [0, 0.1) is 6.92 Å². The highest BCUT2D eigenvalue weighted by Gasteiger charge is 2.07. The van der Waals surface area contributed by atoms with Crippen molar-refractivity contribution >= 4 is 33.1 Å². The summed E-state index contributed by atoms with van der Waals surface area (Å²) >= 11 is 1.65. The Bertz CT molecular complexity index is 886. The highest BCUT2D eigenvalue weighted by atomic mass is 32.1. The van der Waals surface area contributed by atoms with Crippen LogP contribution in [0.5, 0.6) is 5.75 Å². The van der Waals surface area contributed by atoms with Gasteiger partial charge in [0.05, 0.1) is 10.2 Å². The van der Waals surface area contributed by atoms with Crippen LogP contribution >= 0.6 is 11.3 Å². The SMILES string of the molecule is CCc1cc(OCc2nc3cc(C)ccc3s2)ccc1NC(C)=O. The molecule has 0 aliphatic heterocycles. The Hall–Kier alpha value is -2.40. The third-order valence-electron chi connectivity index (χ3n) is 3.72. The molecule has 124 valence electrons. The maximum absolute atomic E-state index is 11.2. The van der Waals surface area contributed by atoms with E-state index in [0.29, 0.717) is 6.61 Å². The molecule has 5 heteroatoms. The Labute approximate surface area is 145 Å². The molecule has 1 heterocycles. The average Bonchev–Trinajstić information content (AvgIpc) is 2.95. The van der Waals surface area contributed by atoms with Crippen molar-refractivity contribution in [1.29, 1.82) is 0 Å². The van der Waals surface area contributed by atoms with Gasteiger partial charge in [0.25, 0.3) is 0 Å². The first-order valence-electron chi connectivity index (χ1n) is 7.94. The zero-order valence-corrected chi connectivity index (χ0v) is 14.9. The number of carbonyl (C=O) groups excluding carboxylic acids is 1. The van der Waals surface area contributed by atoms with Crippen LogP contribution in [-0.2, 0) is 17.8 Å². The van der Waals surface area contributed by atoms with Gasteiger partial charge in [0, 0.05) is 12.6 Å². The molecule has 1 N–H and O–H groups in total. The lowest BCUT2D eigenvalue weighted by molar-refractivity contribution is -0.114. The molecule has 3 rings (SSSR count). The third kappa shape index (κ3) is 3.74. The van der Waals surface area contributed by atoms with Crippen LogP contribution in [0.25, 0.3) is 10.2 Å². The lowest BCUT2D eigenvalue weighted by atomic mass is 10.1. The zero-order chi connectivity index (χ0) is 17.1. The zero-order valence-electron chi connectivity index (χ0n) is 14.1. The van der Waals surface area contributed by atoms with Crippen LogP contribution in [-0.4, -0.2) is 10.9 Å². The predicted octanol–water partition coefficient (Wildman–Crippen LogP) is 4.70. The van der Waals surface area contributed by atoms with Crippen LogP contribution in [0.2, 0.25) is 0 Å². The van der Waals surface area contributed by atoms with E-state index in [4.69, 9.17) is 4.74 Å². The van der Waals surface area contributed by atoms with Gasteiger partial charge in [0.2, 0.25) is 5.91 Å². The number of nitrogens with one attached hydrogen (secondary N) is 1. The molecule has 1 aromatic heterocycles. The molecule has 0 spiro atoms. The molecule has 0 saturated carbocycles. The minimum Gasteiger partial charge on any atom is -0.486 e. The van der Waals surface area contributed by atoms with E-state index in [2.05, 4.69) is 42.3 Å². The van der Waals surface area contributed by atoms with Gasteiger partial charge in [-0.1, -0.05) is 13.0 Å². The van der Waals surface area contributed by atoms with Gasteiger partial charge in [-0.3, -0.25) is 4.79 Å². The maximum Gasteiger partial charge on any atom is 0.221 e. The van der Waals surface area contributed by atoms with Gasteiger partial charge < -0.3 is 10.1 Å². The largest absolute Gasteiger partial charge is 0.486 e. The van der Waals surface area contributed by atoms with Gasteiger partial charge in [-0.05, 0) is 54.8 Å². The minimum absolute atomic E-state index is 0.0665. The summed E-state index contributed by atoms with van der Waals surface area (Å²) in [7, 11) is 0. The topological polar surface area (TPSA) is 51.2 Å². The molecule has 3 aromatic rings. The molecule has 0 aliphatic carbocycles. The van der Waals surface area contributed by atoms with Gasteiger partial charge >= 0.3 is 0 Å². The van der Waals surface area contributed by atoms with Crippen LogP contribution in [0.3, 0.4) is 0 Å². The van der Waals surface area contributed by atoms with Gasteiger partial charge in [-0.25, -0.2) is 4.98 Å². The van der Waals surface area contributed by atoms with Crippen molar-refractivity contribution in [2.45, 2.75) is 33.8 Å². The number of fused-ring (bicyclic) bond motifs is 1. The van der Waals surface area contributed by atoms with Crippen molar-refractivity contribution in [2.24, 2.45) is 0 Å². The predicted molar refractivity (Wildman–Crippen MR) is 98.8 cm³/mol. The number of aromatic nitrogens is 1. The molecule has 0 radical (unpaired) electrons. The molecule has 4 nitrogen and oxygen atoms in total. The summed E-state index contributed by atoms with van der Waals surface area (Å²) in [5.41, 5.74) is 4.13. The van der Waals surface area contributed by atoms with Crippen LogP contribution in [0.1, 0.15) is 30.0 Å². The van der Waals surface area contributed by atoms with Crippen LogP contribution in [0.4, 0.5) is 5.69 Å². The average molecular weight is 340 g/mol. The van der Waals surface area contributed by atoms with Crippen molar-refractivity contribution in [1.82, 2.24) is 4.98 Å². The first kappa shape index (κ1) is 16.5. The summed E-state index contributed by atoms with van der Waals surface area (Å²) in [5, 5.41) is 3.80. The number of rotatable bonds is 5. The van der Waals surface area contributed by atoms with E-state index in [1.54, 1.807) is 11.3 Å². The molecular weight excluding hydrogens is 320 g/mol. The molecule has 24 heavy (non-hydrogen) atoms. The number of hydrogen-bond acceptors (Lipinski definition) is 4. The summed E-state index contributed by atoms with van der Waals surface area (Å²) < 4.78 is 7.06. The number of thiazole rings is 1. The maximum atomic E-state index is 11.2. The highest BCUT2D eigenvalue weighted by Crippen LogP contribution is 2.26. The van der Waals surface area contributed by atoms with Crippen LogP contribution in [0.15, 0.2) is 36.4 Å². The second kappa shape index (κ2) is 7.01. The Kier molecular flexibility index (Phi) is 4.81. The molecule has 0 bridgehead atoms. The van der Waals surface area contributed by atoms with Gasteiger partial charge in [-0.2, -0.15) is 0 Å². The molecular formula is C19H20N2O2S. The number of nitrogens with zero attached hydrogens (tertiary/aromatic N) is 1. The highest BCUT2D eigenvalue weighted by molar-refractivity contribution is 7.18. The molecule has 0 aliphatic rings. The summed E-state index contributed by atoms with van der Waals surface area (Å²) in [6.07, 6.45) is 0.827. The van der Waals surface area contributed by atoms with Crippen molar-refractivity contribution in [3.8, 4) is 5.75 Å². The molecule has 0 saturated heterocycles. The normalized spacial score (nSPS) is 10.8. The first-order valence-corrected chi connectivity index (χ1v) is 8.76. The second-order valence-electron chi connectivity index (χ2n) is 5.72. The van der Waals surface area contributed by atoms with Crippen molar-refractivity contribution in [3.05, 3.63) is 52.5 Å². The van der Waals surface area contributed by atoms with Gasteiger partial charge in [-0.15, -0.1) is 11.3 Å². The number of hydrogen-bond donors (Lipinski definition) is 1. The Morgan fingerprint density at radius 2 is 2.08 bits per heavy atom. The quantitative estimate of drug-likeness (QED) is 0.732. The number of amides is 1. The van der Waals surface area contributed by atoms with E-state index in [9.17, 15) is 4.79 Å². The monoisotopic (exact) mass is 340 g/mol. The van der Waals surface area contributed by atoms with Gasteiger partial charge in [0.15, 0.2) is 0 Å². The standard InChI is InChI=1S/C19H20N2O2S/c1-4-14-10-15(6-7-16(14)20-13(3)22)23-11-19-21-17-9-12(2)5-8-18(17)24-19/h5-10H,4,11H2,1-3H3,(H,20,22). The molecule has 1 amide bonds. The number of aryl methyl sites for hydroxylation is 2. The third-order valence-corrected chi connectivity index (χ3v) is 4.73. The lowest BCUT2D eigenvalue weighted by Gasteiger charge is -2.11. The number of ether oxygens (including phenoxy) is 1. The van der Waals surface area contributed by atoms with E-state index in [1.807, 2.05) is 18.2 Å². The van der Waals surface area contributed by atoms with Crippen molar-refractivity contribution < 1.29 is 9.53 Å². The summed E-state index contributed by atoms with van der Waals surface area (Å²) in [5.74, 6) is 0.722. The molecule has 2 aromatic carbocycles. The molecule has 0 fully saturated rings. The smallest absolute Gasteiger partial charge is 0.221 e. The Morgan fingerprint density at radius 3 is 2.83 bits per heavy atom. The minimum atomic E-state index is -0.0665. The Morgan fingerprint density at radius 1 is 1.25 bits per heavy atom. The summed E-state index contributed by atoms with van der Waals surface area (Å²) in [6, 6.07) is 12.0. The summed E-state index contributed by atoms with van der Waals surface area (Å²) in [6.45, 7) is 6.08. The lowest BCUT2D eigenvalue weighted by Crippen LogP contribution is -2.08. The Balaban J connectivity index is 1.74. The van der Waals surface area contributed by atoms with E-state index in [0.717, 1.165) is 33.9 Å². The van der Waals surface area contributed by atoms with Gasteiger partial charge in [0.1, 0.15) is 17.4 Å². The molecule has 0 atom stereocenters. The fourth-order valence-corrected chi connectivity index (χ4v) is 3.42. The number of anilines is 1. The van der Waals surface area contributed by atoms with E-state index in [1.165, 1.54) is 17.2 Å². The van der Waals surface area contributed by atoms with Crippen molar-refractivity contribution in [3.63, 3.8) is 0 Å². The fraction of sp³-hybridized carbons (Fsp3) is 0.263. The second-order valence-corrected chi connectivity index (χ2v) is 6.84. The van der Waals surface area contributed by atoms with E-state index < -0.39 is 0 Å². The first-order chi connectivity index (χ1) is 11.5.